The van der Waals surface area contributed by atoms with Crippen molar-refractivity contribution in [2.45, 2.75) is 52.8 Å². The first kappa shape index (κ1) is 25.3. The van der Waals surface area contributed by atoms with Crippen LogP contribution in [0.3, 0.4) is 0 Å². The Balaban J connectivity index is 1.81. The number of nitrogens with zero attached hydrogens (tertiary/aromatic N) is 6. The Morgan fingerprint density at radius 1 is 1.11 bits per heavy atom. The van der Waals surface area contributed by atoms with Crippen molar-refractivity contribution in [2.24, 2.45) is 0 Å². The topological polar surface area (TPSA) is 88.9 Å². The number of aryl methyl sites for hydroxylation is 1. The van der Waals surface area contributed by atoms with Crippen LogP contribution in [0.5, 0.6) is 0 Å². The Labute approximate surface area is 213 Å². The van der Waals surface area contributed by atoms with Gasteiger partial charge in [-0.05, 0) is 0 Å². The van der Waals surface area contributed by atoms with Gasteiger partial charge in [0.2, 0.25) is 0 Å². The molecule has 3 heterocycles. The van der Waals surface area contributed by atoms with Crippen LogP contribution in [0.15, 0.2) is 46.2 Å². The van der Waals surface area contributed by atoms with E-state index in [1.807, 2.05) is 6.92 Å². The number of halogens is 3. The Morgan fingerprint density at radius 3 is 2.54 bits per heavy atom. The Morgan fingerprint density at radius 2 is 1.89 bits per heavy atom. The molecule has 9 nitrogen and oxygen atoms in total. The zero-order valence-corrected chi connectivity index (χ0v) is 22.1. The molecule has 0 aliphatic heterocycles. The molecule has 0 spiro atoms. The van der Waals surface area contributed by atoms with Gasteiger partial charge in [0.25, 0.3) is 0 Å². The van der Waals surface area contributed by atoms with Crippen LogP contribution in [0, 0.1) is 0 Å². The fourth-order valence-corrected chi connectivity index (χ4v) is 4.40. The molecule has 1 aromatic carbocycles. The van der Waals surface area contributed by atoms with Crippen molar-refractivity contribution in [2.75, 3.05) is 0 Å². The fourth-order valence-electron chi connectivity index (χ4n) is 3.99. The number of rotatable bonds is 8. The van der Waals surface area contributed by atoms with Gasteiger partial charge in [0.1, 0.15) is 0 Å². The normalized spacial score (nSPS) is 12.1. The molecule has 0 fully saturated rings. The third kappa shape index (κ3) is 4.84. The molecule has 0 unspecified atom stereocenters. The SMILES string of the molecule is CCCn1c(=O)c2c(nc(-c3cnn(Cc4cccc(C(F)(F)F)c4)c3)n2C[O][Po])n(CC)c1=O. The molecule has 0 aliphatic carbocycles. The third-order valence-corrected chi connectivity index (χ3v) is 5.96. The summed E-state index contributed by atoms with van der Waals surface area (Å²) in [6, 6.07) is 5.05. The number of alkyl halides is 3. The van der Waals surface area contributed by atoms with Gasteiger partial charge in [0, 0.05) is 0 Å². The van der Waals surface area contributed by atoms with Crippen LogP contribution >= 0.6 is 0 Å². The quantitative estimate of drug-likeness (QED) is 0.285. The first-order valence-electron chi connectivity index (χ1n) is 10.9. The average Bonchev–Trinajstić information content (AvgIpc) is 3.42. The van der Waals surface area contributed by atoms with Gasteiger partial charge in [0.05, 0.1) is 0 Å². The minimum absolute atomic E-state index is 0.0449. The Hall–Kier alpha value is -2.77. The Bertz CT molecular complexity index is 1480. The summed E-state index contributed by atoms with van der Waals surface area (Å²) >= 11 is 0.839. The van der Waals surface area contributed by atoms with Gasteiger partial charge in [-0.25, -0.2) is 0 Å². The van der Waals surface area contributed by atoms with Crippen LogP contribution in [0.1, 0.15) is 31.4 Å². The maximum atomic E-state index is 13.2. The fraction of sp³-hybridized carbons (Fsp3) is 0.364. The minimum atomic E-state index is -4.43. The monoisotopic (exact) mass is 684 g/mol. The first-order chi connectivity index (χ1) is 16.7. The van der Waals surface area contributed by atoms with E-state index in [0.29, 0.717) is 29.9 Å². The molecule has 0 saturated carbocycles. The number of hydrogen-bond acceptors (Lipinski definition) is 5. The summed E-state index contributed by atoms with van der Waals surface area (Å²) in [5.74, 6) is 0.379. The molecule has 0 amide bonds. The molecule has 4 aromatic rings. The molecular formula is C22H22F3N6O3Po. The van der Waals surface area contributed by atoms with Crippen LogP contribution in [-0.4, -0.2) is 54.0 Å². The number of imidazole rings is 1. The predicted octanol–water partition coefficient (Wildman–Crippen LogP) is 2.78. The third-order valence-electron chi connectivity index (χ3n) is 5.55. The van der Waals surface area contributed by atoms with Crippen LogP contribution in [0.4, 0.5) is 13.2 Å². The van der Waals surface area contributed by atoms with Gasteiger partial charge in [-0.3, -0.25) is 0 Å². The van der Waals surface area contributed by atoms with Crippen LogP contribution in [-0.2, 0) is 35.3 Å². The number of hydrogen-bond donors (Lipinski definition) is 0. The van der Waals surface area contributed by atoms with Gasteiger partial charge in [-0.2, -0.15) is 13.2 Å². The summed E-state index contributed by atoms with van der Waals surface area (Å²) in [4.78, 5) is 30.7. The van der Waals surface area contributed by atoms with E-state index < -0.39 is 23.0 Å². The molecule has 0 saturated heterocycles. The van der Waals surface area contributed by atoms with Crippen LogP contribution in [0.2, 0.25) is 0 Å². The van der Waals surface area contributed by atoms with Crippen molar-refractivity contribution in [3.8, 4) is 11.4 Å². The van der Waals surface area contributed by atoms with Crippen molar-refractivity contribution < 1.29 is 15.9 Å². The van der Waals surface area contributed by atoms with Crippen molar-refractivity contribution in [3.63, 3.8) is 0 Å². The van der Waals surface area contributed by atoms with E-state index in [-0.39, 0.29) is 31.0 Å². The summed E-state index contributed by atoms with van der Waals surface area (Å²) in [7, 11) is 0. The number of aromatic nitrogens is 6. The molecule has 0 atom stereocenters. The van der Waals surface area contributed by atoms with Gasteiger partial charge >= 0.3 is 201 Å². The van der Waals surface area contributed by atoms with E-state index >= 15 is 0 Å². The second kappa shape index (κ2) is 10.1. The van der Waals surface area contributed by atoms with Gasteiger partial charge in [0.15, 0.2) is 0 Å². The van der Waals surface area contributed by atoms with Crippen molar-refractivity contribution in [1.29, 1.82) is 0 Å². The van der Waals surface area contributed by atoms with Gasteiger partial charge < -0.3 is 0 Å². The van der Waals surface area contributed by atoms with E-state index in [9.17, 15) is 22.8 Å². The van der Waals surface area contributed by atoms with Gasteiger partial charge in [-0.1, -0.05) is 0 Å². The van der Waals surface area contributed by atoms with Crippen LogP contribution < -0.4 is 11.2 Å². The van der Waals surface area contributed by atoms with E-state index in [0.717, 1.165) is 37.6 Å². The second-order valence-corrected chi connectivity index (χ2v) is 8.81. The van der Waals surface area contributed by atoms with E-state index in [2.05, 4.69) is 10.1 Å². The summed E-state index contributed by atoms with van der Waals surface area (Å²) in [5, 5.41) is 4.28. The van der Waals surface area contributed by atoms with Crippen LogP contribution in [0.25, 0.3) is 22.6 Å². The summed E-state index contributed by atoms with van der Waals surface area (Å²) in [5.41, 5.74) is -0.121. The predicted molar refractivity (Wildman–Crippen MR) is 123 cm³/mol. The molecule has 13 heteroatoms. The van der Waals surface area contributed by atoms with Crippen molar-refractivity contribution in [3.05, 3.63) is 68.6 Å². The van der Waals surface area contributed by atoms with E-state index in [1.54, 1.807) is 23.8 Å². The molecule has 1 radical (unpaired) electrons. The summed E-state index contributed by atoms with van der Waals surface area (Å²) in [6.45, 7) is 4.44. The zero-order valence-electron chi connectivity index (χ0n) is 18.9. The molecule has 0 aliphatic rings. The molecule has 35 heavy (non-hydrogen) atoms. The summed E-state index contributed by atoms with van der Waals surface area (Å²) < 4.78 is 50.3. The van der Waals surface area contributed by atoms with E-state index in [1.165, 1.54) is 26.1 Å². The Kier molecular flexibility index (Phi) is 7.29. The molecular weight excluding hydrogens is 662 g/mol. The number of benzene rings is 1. The molecule has 0 bridgehead atoms. The molecule has 0 N–H and O–H groups in total. The maximum absolute atomic E-state index is 13.2. The summed E-state index contributed by atoms with van der Waals surface area (Å²) in [6.07, 6.45) is -0.660. The second-order valence-electron chi connectivity index (χ2n) is 7.89. The van der Waals surface area contributed by atoms with Crippen molar-refractivity contribution in [1.82, 2.24) is 28.5 Å². The average molecular weight is 684 g/mol. The number of fused-ring (bicyclic) bond motifs is 1. The molecule has 3 aromatic heterocycles. The first-order valence-corrected chi connectivity index (χ1v) is 12.2. The molecule has 4 rings (SSSR count). The molecule has 185 valence electrons. The standard InChI is InChI=1S/C22H22F3N6O3.Po/c1-3-8-30-20(33)17-19(29(4-2)21(30)34)27-18(31(17)13-32)15-10-26-28(12-15)11-14-6-5-7-16(9-14)22(23,24)25;/h5-7,9-10,12H,3-4,8,11,13H2,1-2H3;/q-1;+1. The van der Waals surface area contributed by atoms with Crippen molar-refractivity contribution >= 4 is 36.7 Å². The van der Waals surface area contributed by atoms with E-state index in [4.69, 9.17) is 2.77 Å². The van der Waals surface area contributed by atoms with Gasteiger partial charge in [-0.15, -0.1) is 0 Å². The zero-order chi connectivity index (χ0) is 25.3.